The summed E-state index contributed by atoms with van der Waals surface area (Å²) in [6, 6.07) is 3.68. The summed E-state index contributed by atoms with van der Waals surface area (Å²) >= 11 is 8.19. The Kier molecular flexibility index (Phi) is 2.88. The molecule has 1 aromatic carbocycles. The van der Waals surface area contributed by atoms with Crippen molar-refractivity contribution in [1.82, 2.24) is 9.78 Å². The summed E-state index contributed by atoms with van der Waals surface area (Å²) in [5, 5.41) is 4.78. The number of benzene rings is 1. The lowest BCUT2D eigenvalue weighted by Gasteiger charge is -2.08. The van der Waals surface area contributed by atoms with Crippen molar-refractivity contribution in [1.29, 1.82) is 0 Å². The van der Waals surface area contributed by atoms with Gasteiger partial charge in [0.1, 0.15) is 0 Å². The van der Waals surface area contributed by atoms with E-state index in [4.69, 9.17) is 17.3 Å². The van der Waals surface area contributed by atoms with Gasteiger partial charge in [0.15, 0.2) is 0 Å². The van der Waals surface area contributed by atoms with Gasteiger partial charge in [-0.3, -0.25) is 0 Å². The Morgan fingerprint density at radius 2 is 2.20 bits per heavy atom. The number of rotatable bonds is 1. The first-order valence-electron chi connectivity index (χ1n) is 4.34. The lowest BCUT2D eigenvalue weighted by Crippen LogP contribution is -1.99. The lowest BCUT2D eigenvalue weighted by atomic mass is 10.2. The molecular formula is C10H9ClIN3. The molecule has 2 aromatic rings. The van der Waals surface area contributed by atoms with Crippen molar-refractivity contribution in [3.63, 3.8) is 0 Å². The summed E-state index contributed by atoms with van der Waals surface area (Å²) in [5.41, 5.74) is 8.31. The van der Waals surface area contributed by atoms with Crippen LogP contribution in [0.4, 0.5) is 5.69 Å². The molecule has 2 rings (SSSR count). The fourth-order valence-electron chi connectivity index (χ4n) is 1.37. The molecule has 0 amide bonds. The molecule has 0 spiro atoms. The predicted molar refractivity (Wildman–Crippen MR) is 70.4 cm³/mol. The fraction of sp³-hybridized carbons (Fsp3) is 0.100. The molecular weight excluding hydrogens is 324 g/mol. The van der Waals surface area contributed by atoms with Gasteiger partial charge in [-0.1, -0.05) is 11.6 Å². The lowest BCUT2D eigenvalue weighted by molar-refractivity contribution is 0.873. The van der Waals surface area contributed by atoms with E-state index in [9.17, 15) is 0 Å². The van der Waals surface area contributed by atoms with Crippen LogP contribution in [0.15, 0.2) is 24.5 Å². The number of nitrogens with zero attached hydrogens (tertiary/aromatic N) is 2. The molecule has 0 saturated carbocycles. The molecule has 0 bridgehead atoms. The van der Waals surface area contributed by atoms with Crippen LogP contribution in [0.5, 0.6) is 0 Å². The van der Waals surface area contributed by atoms with Gasteiger partial charge in [0, 0.05) is 6.20 Å². The molecule has 0 aliphatic carbocycles. The molecule has 0 saturated heterocycles. The van der Waals surface area contributed by atoms with E-state index >= 15 is 0 Å². The third-order valence-corrected chi connectivity index (χ3v) is 3.00. The highest BCUT2D eigenvalue weighted by Crippen LogP contribution is 2.25. The first-order valence-corrected chi connectivity index (χ1v) is 5.80. The summed E-state index contributed by atoms with van der Waals surface area (Å²) in [5.74, 6) is 0. The van der Waals surface area contributed by atoms with Crippen molar-refractivity contribution < 1.29 is 0 Å². The Bertz CT molecular complexity index is 507. The standard InChI is InChI=1S/C10H9ClIN3/c1-6-2-9(13)8(11)3-10(6)15-5-7(12)4-14-15/h2-5H,13H2,1H3. The minimum absolute atomic E-state index is 0.557. The van der Waals surface area contributed by atoms with Crippen molar-refractivity contribution in [2.75, 3.05) is 5.73 Å². The highest BCUT2D eigenvalue weighted by Gasteiger charge is 2.06. The van der Waals surface area contributed by atoms with E-state index in [-0.39, 0.29) is 0 Å². The van der Waals surface area contributed by atoms with E-state index < -0.39 is 0 Å². The Balaban J connectivity index is 2.58. The number of anilines is 1. The first kappa shape index (κ1) is 10.8. The Morgan fingerprint density at radius 1 is 1.47 bits per heavy atom. The number of nitrogen functional groups attached to an aromatic ring is 1. The molecule has 3 nitrogen and oxygen atoms in total. The van der Waals surface area contributed by atoms with Crippen LogP contribution >= 0.6 is 34.2 Å². The van der Waals surface area contributed by atoms with Crippen LogP contribution < -0.4 is 5.73 Å². The van der Waals surface area contributed by atoms with Gasteiger partial charge >= 0.3 is 0 Å². The Morgan fingerprint density at radius 3 is 2.80 bits per heavy atom. The summed E-state index contributed by atoms with van der Waals surface area (Å²) < 4.78 is 2.88. The second-order valence-corrected chi connectivity index (χ2v) is 4.92. The minimum atomic E-state index is 0.557. The smallest absolute Gasteiger partial charge is 0.0691 e. The Labute approximate surface area is 106 Å². The molecule has 2 N–H and O–H groups in total. The van der Waals surface area contributed by atoms with Crippen molar-refractivity contribution in [2.24, 2.45) is 0 Å². The average molecular weight is 334 g/mol. The van der Waals surface area contributed by atoms with Crippen LogP contribution in [0.3, 0.4) is 0 Å². The van der Waals surface area contributed by atoms with Gasteiger partial charge in [-0.25, -0.2) is 4.68 Å². The van der Waals surface area contributed by atoms with E-state index in [1.54, 1.807) is 10.9 Å². The first-order chi connectivity index (χ1) is 7.08. The number of aromatic nitrogens is 2. The highest BCUT2D eigenvalue weighted by molar-refractivity contribution is 14.1. The van der Waals surface area contributed by atoms with Gasteiger partial charge in [0.05, 0.1) is 26.2 Å². The van der Waals surface area contributed by atoms with Crippen LogP contribution in [-0.2, 0) is 0 Å². The van der Waals surface area contributed by atoms with E-state index in [1.165, 1.54) is 0 Å². The maximum Gasteiger partial charge on any atom is 0.0691 e. The maximum atomic E-state index is 5.97. The minimum Gasteiger partial charge on any atom is -0.398 e. The second-order valence-electron chi connectivity index (χ2n) is 3.26. The van der Waals surface area contributed by atoms with Crippen LogP contribution in [0.25, 0.3) is 5.69 Å². The highest BCUT2D eigenvalue weighted by atomic mass is 127. The quantitative estimate of drug-likeness (QED) is 0.644. The SMILES string of the molecule is Cc1cc(N)c(Cl)cc1-n1cc(I)cn1. The number of hydrogen-bond donors (Lipinski definition) is 1. The molecule has 1 heterocycles. The monoisotopic (exact) mass is 333 g/mol. The number of aryl methyl sites for hydroxylation is 1. The zero-order valence-corrected chi connectivity index (χ0v) is 11.0. The van der Waals surface area contributed by atoms with Crippen molar-refractivity contribution in [3.05, 3.63) is 38.7 Å². The molecule has 1 aromatic heterocycles. The molecule has 0 aliphatic heterocycles. The average Bonchev–Trinajstić information content (AvgIpc) is 2.58. The Hall–Kier alpha value is -0.750. The second kappa shape index (κ2) is 4.02. The molecule has 5 heteroatoms. The normalized spacial score (nSPS) is 10.6. The van der Waals surface area contributed by atoms with E-state index in [1.807, 2.05) is 25.3 Å². The summed E-state index contributed by atoms with van der Waals surface area (Å²) in [6.45, 7) is 1.98. The fourth-order valence-corrected chi connectivity index (χ4v) is 1.92. The van der Waals surface area contributed by atoms with E-state index in [0.717, 1.165) is 14.8 Å². The summed E-state index contributed by atoms with van der Waals surface area (Å²) in [4.78, 5) is 0. The van der Waals surface area contributed by atoms with E-state index in [2.05, 4.69) is 27.7 Å². The summed E-state index contributed by atoms with van der Waals surface area (Å²) in [7, 11) is 0. The van der Waals surface area contributed by atoms with Crippen LogP contribution in [0.2, 0.25) is 5.02 Å². The maximum absolute atomic E-state index is 5.97. The molecule has 78 valence electrons. The zero-order valence-electron chi connectivity index (χ0n) is 8.04. The van der Waals surface area contributed by atoms with Gasteiger partial charge in [-0.15, -0.1) is 0 Å². The van der Waals surface area contributed by atoms with Crippen molar-refractivity contribution >= 4 is 39.9 Å². The van der Waals surface area contributed by atoms with Crippen LogP contribution in [0.1, 0.15) is 5.56 Å². The molecule has 15 heavy (non-hydrogen) atoms. The zero-order chi connectivity index (χ0) is 11.0. The predicted octanol–water partition coefficient (Wildman–Crippen LogP) is 3.02. The number of nitrogens with two attached hydrogens (primary N) is 1. The van der Waals surface area contributed by atoms with Crippen LogP contribution in [-0.4, -0.2) is 9.78 Å². The van der Waals surface area contributed by atoms with Gasteiger partial charge in [-0.05, 0) is 47.2 Å². The number of halogens is 2. The third kappa shape index (κ3) is 2.10. The molecule has 0 unspecified atom stereocenters. The number of hydrogen-bond acceptors (Lipinski definition) is 2. The molecule has 0 radical (unpaired) electrons. The van der Waals surface area contributed by atoms with Gasteiger partial charge < -0.3 is 5.73 Å². The third-order valence-electron chi connectivity index (χ3n) is 2.11. The molecule has 0 atom stereocenters. The molecule has 0 fully saturated rings. The topological polar surface area (TPSA) is 43.8 Å². The van der Waals surface area contributed by atoms with Crippen LogP contribution in [0, 0.1) is 10.5 Å². The van der Waals surface area contributed by atoms with Gasteiger partial charge in [0.2, 0.25) is 0 Å². The van der Waals surface area contributed by atoms with E-state index in [0.29, 0.717) is 10.7 Å². The van der Waals surface area contributed by atoms with Crippen molar-refractivity contribution in [2.45, 2.75) is 6.92 Å². The largest absolute Gasteiger partial charge is 0.398 e. The van der Waals surface area contributed by atoms with Gasteiger partial charge in [0.25, 0.3) is 0 Å². The summed E-state index contributed by atoms with van der Waals surface area (Å²) in [6.07, 6.45) is 3.74. The molecule has 0 aliphatic rings. The van der Waals surface area contributed by atoms with Crippen molar-refractivity contribution in [3.8, 4) is 5.69 Å². The van der Waals surface area contributed by atoms with Gasteiger partial charge in [-0.2, -0.15) is 5.10 Å².